The first-order valence-corrected chi connectivity index (χ1v) is 11.8. The van der Waals surface area contributed by atoms with E-state index in [0.717, 1.165) is 3.97 Å². The lowest BCUT2D eigenvalue weighted by Crippen LogP contribution is -2.22. The number of hydrogen-bond donors (Lipinski definition) is 2. The number of fused-ring (bicyclic) bond motifs is 1. The number of primary amides is 1. The van der Waals surface area contributed by atoms with Gasteiger partial charge >= 0.3 is 0 Å². The SMILES string of the molecule is COc1ccc(S(=O)(=O)n2c(C(N)=O)cc3c(Nc4ccc(Cl)c(Cl)c4)ccc(N=O)c32)cc1. The topological polar surface area (TPSA) is 133 Å². The van der Waals surface area contributed by atoms with E-state index in [1.807, 2.05) is 0 Å². The summed E-state index contributed by atoms with van der Waals surface area (Å²) in [5.41, 5.74) is 5.79. The summed E-state index contributed by atoms with van der Waals surface area (Å²) in [7, 11) is -2.92. The van der Waals surface area contributed by atoms with Gasteiger partial charge in [0.05, 0.1) is 27.6 Å². The van der Waals surface area contributed by atoms with E-state index in [-0.39, 0.29) is 27.2 Å². The summed E-state index contributed by atoms with van der Waals surface area (Å²) in [5.74, 6) is -0.569. The summed E-state index contributed by atoms with van der Waals surface area (Å²) in [5, 5.41) is 6.94. The van der Waals surface area contributed by atoms with Gasteiger partial charge in [0.1, 0.15) is 17.1 Å². The smallest absolute Gasteiger partial charge is 0.268 e. The van der Waals surface area contributed by atoms with E-state index < -0.39 is 15.9 Å². The Morgan fingerprint density at radius 3 is 2.32 bits per heavy atom. The molecule has 0 aliphatic carbocycles. The molecule has 0 aliphatic heterocycles. The fraction of sp³-hybridized carbons (Fsp3) is 0.0455. The number of halogens is 2. The molecule has 174 valence electrons. The molecule has 0 aliphatic rings. The maximum Gasteiger partial charge on any atom is 0.268 e. The largest absolute Gasteiger partial charge is 0.497 e. The van der Waals surface area contributed by atoms with Crippen LogP contribution in [0, 0.1) is 4.91 Å². The van der Waals surface area contributed by atoms with Crippen LogP contribution >= 0.6 is 23.2 Å². The van der Waals surface area contributed by atoms with Gasteiger partial charge in [-0.1, -0.05) is 23.2 Å². The van der Waals surface area contributed by atoms with Gasteiger partial charge in [0.15, 0.2) is 0 Å². The summed E-state index contributed by atoms with van der Waals surface area (Å²) in [6, 6.07) is 14.5. The maximum absolute atomic E-state index is 13.6. The third kappa shape index (κ3) is 4.07. The number of nitroso groups, excluding NO2 is 1. The predicted octanol–water partition coefficient (Wildman–Crippen LogP) is 5.43. The van der Waals surface area contributed by atoms with Crippen molar-refractivity contribution < 1.29 is 17.9 Å². The Morgan fingerprint density at radius 2 is 1.74 bits per heavy atom. The van der Waals surface area contributed by atoms with Gasteiger partial charge in [-0.25, -0.2) is 12.4 Å². The summed E-state index contributed by atoms with van der Waals surface area (Å²) < 4.78 is 32.9. The molecule has 0 fully saturated rings. The Morgan fingerprint density at radius 1 is 1.03 bits per heavy atom. The molecule has 34 heavy (non-hydrogen) atoms. The van der Waals surface area contributed by atoms with Crippen LogP contribution in [0.4, 0.5) is 17.1 Å². The standard InChI is InChI=1S/C22H16Cl2N4O5S/c1-33-13-3-5-14(6-4-13)34(31,32)28-20(22(25)29)11-15-18(8-9-19(27-30)21(15)28)26-12-2-7-16(23)17(24)10-12/h2-11,26H,1H3,(H2,25,29). The molecule has 3 aromatic carbocycles. The molecule has 1 amide bonds. The zero-order valence-corrected chi connectivity index (χ0v) is 19.8. The molecule has 0 spiro atoms. The second-order valence-corrected chi connectivity index (χ2v) is 9.68. The highest BCUT2D eigenvalue weighted by molar-refractivity contribution is 7.90. The number of hydrogen-bond acceptors (Lipinski definition) is 7. The van der Waals surface area contributed by atoms with E-state index in [2.05, 4.69) is 10.5 Å². The molecule has 4 aromatic rings. The molecule has 9 nitrogen and oxygen atoms in total. The highest BCUT2D eigenvalue weighted by Crippen LogP contribution is 2.38. The van der Waals surface area contributed by atoms with Crippen molar-refractivity contribution in [3.63, 3.8) is 0 Å². The number of nitrogens with one attached hydrogen (secondary N) is 1. The number of carbonyl (C=O) groups is 1. The number of rotatable bonds is 7. The van der Waals surface area contributed by atoms with Gasteiger partial charge in [0, 0.05) is 16.8 Å². The minimum Gasteiger partial charge on any atom is -0.497 e. The number of amides is 1. The number of anilines is 2. The van der Waals surface area contributed by atoms with Crippen LogP contribution in [-0.2, 0) is 10.0 Å². The van der Waals surface area contributed by atoms with Crippen molar-refractivity contribution in [3.05, 3.63) is 81.3 Å². The van der Waals surface area contributed by atoms with Crippen molar-refractivity contribution in [1.82, 2.24) is 3.97 Å². The van der Waals surface area contributed by atoms with Gasteiger partial charge in [-0.2, -0.15) is 0 Å². The number of methoxy groups -OCH3 is 1. The van der Waals surface area contributed by atoms with Crippen LogP contribution in [0.2, 0.25) is 10.0 Å². The molecule has 0 bridgehead atoms. The first-order valence-electron chi connectivity index (χ1n) is 9.60. The van der Waals surface area contributed by atoms with Crippen LogP contribution in [0.25, 0.3) is 10.9 Å². The molecule has 4 rings (SSSR count). The van der Waals surface area contributed by atoms with Gasteiger partial charge in [-0.15, -0.1) is 4.91 Å². The molecule has 0 radical (unpaired) electrons. The number of ether oxygens (including phenoxy) is 1. The average molecular weight is 519 g/mol. The molecule has 1 heterocycles. The zero-order chi connectivity index (χ0) is 24.6. The molecular formula is C22H16Cl2N4O5S. The molecule has 0 saturated carbocycles. The van der Waals surface area contributed by atoms with Crippen LogP contribution < -0.4 is 15.8 Å². The Hall–Kier alpha value is -3.60. The fourth-order valence-corrected chi connectivity index (χ4v) is 5.28. The Bertz CT molecular complexity index is 1550. The van der Waals surface area contributed by atoms with Crippen molar-refractivity contribution in [2.45, 2.75) is 4.90 Å². The van der Waals surface area contributed by atoms with Crippen LogP contribution in [-0.4, -0.2) is 25.4 Å². The Balaban J connectivity index is 1.98. The molecule has 12 heteroatoms. The minimum atomic E-state index is -4.36. The van der Waals surface area contributed by atoms with Crippen molar-refractivity contribution in [3.8, 4) is 5.75 Å². The van der Waals surface area contributed by atoms with Gasteiger partial charge < -0.3 is 15.8 Å². The van der Waals surface area contributed by atoms with E-state index in [1.54, 1.807) is 18.2 Å². The highest BCUT2D eigenvalue weighted by atomic mass is 35.5. The van der Waals surface area contributed by atoms with Crippen molar-refractivity contribution in [2.75, 3.05) is 12.4 Å². The lowest BCUT2D eigenvalue weighted by atomic mass is 10.1. The number of nitrogens with zero attached hydrogens (tertiary/aromatic N) is 2. The summed E-state index contributed by atoms with van der Waals surface area (Å²) >= 11 is 12.1. The van der Waals surface area contributed by atoms with Gasteiger partial charge in [0.2, 0.25) is 0 Å². The molecule has 3 N–H and O–H groups in total. The van der Waals surface area contributed by atoms with Crippen LogP contribution in [0.3, 0.4) is 0 Å². The lowest BCUT2D eigenvalue weighted by Gasteiger charge is -2.13. The first-order chi connectivity index (χ1) is 16.2. The van der Waals surface area contributed by atoms with Crippen molar-refractivity contribution in [2.24, 2.45) is 10.9 Å². The van der Waals surface area contributed by atoms with Crippen LogP contribution in [0.15, 0.2) is 70.7 Å². The molecule has 0 unspecified atom stereocenters. The number of aromatic nitrogens is 1. The minimum absolute atomic E-state index is 0.107. The first kappa shape index (κ1) is 23.6. The van der Waals surface area contributed by atoms with Gasteiger partial charge in [0.25, 0.3) is 15.9 Å². The summed E-state index contributed by atoms with van der Waals surface area (Å²) in [6.07, 6.45) is 0. The maximum atomic E-state index is 13.6. The highest BCUT2D eigenvalue weighted by Gasteiger charge is 2.28. The van der Waals surface area contributed by atoms with Gasteiger partial charge in [-0.05, 0) is 65.8 Å². The quantitative estimate of drug-likeness (QED) is 0.313. The van der Waals surface area contributed by atoms with Crippen molar-refractivity contribution >= 4 is 67.1 Å². The second-order valence-electron chi connectivity index (χ2n) is 7.08. The van der Waals surface area contributed by atoms with E-state index in [1.165, 1.54) is 49.6 Å². The van der Waals surface area contributed by atoms with Crippen LogP contribution in [0.1, 0.15) is 10.5 Å². The normalized spacial score (nSPS) is 11.4. The summed E-state index contributed by atoms with van der Waals surface area (Å²) in [4.78, 5) is 23.7. The van der Waals surface area contributed by atoms with Crippen LogP contribution in [0.5, 0.6) is 5.75 Å². The monoisotopic (exact) mass is 518 g/mol. The van der Waals surface area contributed by atoms with Crippen molar-refractivity contribution in [1.29, 1.82) is 0 Å². The number of carbonyl (C=O) groups excluding carboxylic acids is 1. The Labute approximate surface area is 204 Å². The molecule has 0 saturated heterocycles. The third-order valence-corrected chi connectivity index (χ3v) is 7.51. The fourth-order valence-electron chi connectivity index (χ4n) is 3.46. The summed E-state index contributed by atoms with van der Waals surface area (Å²) in [6.45, 7) is 0. The predicted molar refractivity (Wildman–Crippen MR) is 131 cm³/mol. The number of benzene rings is 3. The molecule has 0 atom stereocenters. The average Bonchev–Trinajstić information content (AvgIpc) is 3.24. The third-order valence-electron chi connectivity index (χ3n) is 5.05. The zero-order valence-electron chi connectivity index (χ0n) is 17.5. The second kappa shape index (κ2) is 8.98. The number of nitrogens with two attached hydrogens (primary N) is 1. The molecular weight excluding hydrogens is 503 g/mol. The lowest BCUT2D eigenvalue weighted by molar-refractivity contribution is 0.0995. The molecule has 1 aromatic heterocycles. The van der Waals surface area contributed by atoms with E-state index >= 15 is 0 Å². The van der Waals surface area contributed by atoms with Gasteiger partial charge in [-0.3, -0.25) is 4.79 Å². The Kier molecular flexibility index (Phi) is 6.22. The van der Waals surface area contributed by atoms with E-state index in [9.17, 15) is 18.1 Å². The van der Waals surface area contributed by atoms with E-state index in [0.29, 0.717) is 27.2 Å². The van der Waals surface area contributed by atoms with E-state index in [4.69, 9.17) is 33.7 Å².